The molecule has 0 radical (unpaired) electrons. The van der Waals surface area contributed by atoms with Crippen molar-refractivity contribution >= 4 is 27.1 Å². The van der Waals surface area contributed by atoms with E-state index in [0.29, 0.717) is 11.4 Å². The quantitative estimate of drug-likeness (QED) is 0.754. The number of halogens is 1. The van der Waals surface area contributed by atoms with Crippen LogP contribution in [0.5, 0.6) is 0 Å². The average molecular weight is 295 g/mol. The van der Waals surface area contributed by atoms with Crippen LogP contribution < -0.4 is 15.8 Å². The molecule has 0 spiro atoms. The van der Waals surface area contributed by atoms with Crippen molar-refractivity contribution in [3.8, 4) is 0 Å². The van der Waals surface area contributed by atoms with Gasteiger partial charge in [0.2, 0.25) is 10.0 Å². The van der Waals surface area contributed by atoms with Gasteiger partial charge in [-0.3, -0.25) is 0 Å². The lowest BCUT2D eigenvalue weighted by Crippen LogP contribution is -2.18. The average Bonchev–Trinajstić information content (AvgIpc) is 2.41. The summed E-state index contributed by atoms with van der Waals surface area (Å²) in [6.45, 7) is 0. The molecular formula is C13H14FN3O2S. The third-order valence-corrected chi connectivity index (χ3v) is 4.12. The third-order valence-electron chi connectivity index (χ3n) is 2.71. The van der Waals surface area contributed by atoms with E-state index in [9.17, 15) is 12.8 Å². The topological polar surface area (TPSA) is 84.2 Å². The molecule has 2 aromatic rings. The summed E-state index contributed by atoms with van der Waals surface area (Å²) in [4.78, 5) is 0.0716. The van der Waals surface area contributed by atoms with Gasteiger partial charge in [0.25, 0.3) is 0 Å². The Morgan fingerprint density at radius 3 is 2.50 bits per heavy atom. The van der Waals surface area contributed by atoms with E-state index in [1.807, 2.05) is 0 Å². The van der Waals surface area contributed by atoms with Gasteiger partial charge >= 0.3 is 0 Å². The molecule has 5 nitrogen and oxygen atoms in total. The highest BCUT2D eigenvalue weighted by molar-refractivity contribution is 7.89. The van der Waals surface area contributed by atoms with Crippen LogP contribution in [0.3, 0.4) is 0 Å². The van der Waals surface area contributed by atoms with Crippen LogP contribution in [-0.2, 0) is 10.0 Å². The molecule has 0 amide bonds. The second-order valence-electron chi connectivity index (χ2n) is 4.09. The maximum Gasteiger partial charge on any atom is 0.240 e. The second kappa shape index (κ2) is 5.48. The number of anilines is 3. The number of rotatable bonds is 4. The van der Waals surface area contributed by atoms with E-state index in [0.717, 1.165) is 0 Å². The highest BCUT2D eigenvalue weighted by atomic mass is 32.2. The van der Waals surface area contributed by atoms with Crippen molar-refractivity contribution in [3.05, 3.63) is 48.3 Å². The highest BCUT2D eigenvalue weighted by Crippen LogP contribution is 2.26. The zero-order chi connectivity index (χ0) is 14.8. The van der Waals surface area contributed by atoms with Gasteiger partial charge in [-0.1, -0.05) is 6.07 Å². The molecule has 0 aromatic heterocycles. The molecule has 0 aliphatic rings. The van der Waals surface area contributed by atoms with Crippen molar-refractivity contribution < 1.29 is 12.8 Å². The van der Waals surface area contributed by atoms with Gasteiger partial charge in [0.15, 0.2) is 0 Å². The lowest BCUT2D eigenvalue weighted by atomic mass is 10.2. The minimum atomic E-state index is -3.53. The summed E-state index contributed by atoms with van der Waals surface area (Å²) in [5.41, 5.74) is 7.10. The summed E-state index contributed by atoms with van der Waals surface area (Å²) >= 11 is 0. The van der Waals surface area contributed by atoms with Crippen molar-refractivity contribution in [2.24, 2.45) is 0 Å². The molecule has 0 atom stereocenters. The largest absolute Gasteiger partial charge is 0.397 e. The molecule has 7 heteroatoms. The third kappa shape index (κ3) is 3.06. The number of hydrogen-bond donors (Lipinski definition) is 3. The van der Waals surface area contributed by atoms with Crippen LogP contribution in [0, 0.1) is 5.82 Å². The van der Waals surface area contributed by atoms with Gasteiger partial charge in [0, 0.05) is 5.69 Å². The Bertz CT molecular complexity index is 732. The minimum Gasteiger partial charge on any atom is -0.397 e. The Hall–Kier alpha value is -2.12. The highest BCUT2D eigenvalue weighted by Gasteiger charge is 2.13. The van der Waals surface area contributed by atoms with Crippen LogP contribution in [0.25, 0.3) is 0 Å². The first kappa shape index (κ1) is 14.3. The number of hydrogen-bond acceptors (Lipinski definition) is 4. The number of nitrogens with two attached hydrogens (primary N) is 1. The molecule has 2 aromatic carbocycles. The summed E-state index contributed by atoms with van der Waals surface area (Å²) in [5.74, 6) is -0.372. The first-order chi connectivity index (χ1) is 9.42. The van der Waals surface area contributed by atoms with Crippen LogP contribution in [0.2, 0.25) is 0 Å². The molecule has 0 aliphatic carbocycles. The molecule has 0 bridgehead atoms. The fourth-order valence-electron chi connectivity index (χ4n) is 1.66. The van der Waals surface area contributed by atoms with Gasteiger partial charge in [-0.15, -0.1) is 0 Å². The van der Waals surface area contributed by atoms with Gasteiger partial charge in [-0.2, -0.15) is 0 Å². The first-order valence-electron chi connectivity index (χ1n) is 5.78. The van der Waals surface area contributed by atoms with Gasteiger partial charge in [-0.25, -0.2) is 17.5 Å². The smallest absolute Gasteiger partial charge is 0.240 e. The Balaban J connectivity index is 2.31. The molecule has 0 aliphatic heterocycles. The predicted molar refractivity (Wildman–Crippen MR) is 76.8 cm³/mol. The molecule has 0 unspecified atom stereocenters. The van der Waals surface area contributed by atoms with Crippen molar-refractivity contribution in [2.75, 3.05) is 18.1 Å². The van der Waals surface area contributed by atoms with Gasteiger partial charge in [-0.05, 0) is 43.4 Å². The Morgan fingerprint density at radius 1 is 1.15 bits per heavy atom. The van der Waals surface area contributed by atoms with Crippen molar-refractivity contribution in [1.29, 1.82) is 0 Å². The fraction of sp³-hybridized carbons (Fsp3) is 0.0769. The van der Waals surface area contributed by atoms with E-state index < -0.39 is 10.0 Å². The number of benzene rings is 2. The summed E-state index contributed by atoms with van der Waals surface area (Å²) in [6.07, 6.45) is 0. The first-order valence-corrected chi connectivity index (χ1v) is 7.26. The molecule has 106 valence electrons. The normalized spacial score (nSPS) is 11.3. The molecule has 0 saturated heterocycles. The molecule has 20 heavy (non-hydrogen) atoms. The molecule has 0 fully saturated rings. The summed E-state index contributed by atoms with van der Waals surface area (Å²) in [5, 5.41) is 2.93. The van der Waals surface area contributed by atoms with Gasteiger partial charge < -0.3 is 11.1 Å². The lowest BCUT2D eigenvalue weighted by Gasteiger charge is -2.11. The molecular weight excluding hydrogens is 281 g/mol. The van der Waals surface area contributed by atoms with Crippen LogP contribution in [0.15, 0.2) is 47.4 Å². The van der Waals surface area contributed by atoms with Crippen LogP contribution in [-0.4, -0.2) is 15.5 Å². The number of sulfonamides is 1. The van der Waals surface area contributed by atoms with Crippen LogP contribution in [0.4, 0.5) is 21.5 Å². The van der Waals surface area contributed by atoms with E-state index in [1.54, 1.807) is 12.1 Å². The fourth-order valence-corrected chi connectivity index (χ4v) is 2.43. The second-order valence-corrected chi connectivity index (χ2v) is 5.98. The standard InChI is InChI=1S/C13H14FN3O2S/c1-16-20(18,19)11-5-6-13(12(15)8-11)17-10-4-2-3-9(14)7-10/h2-8,16-17H,15H2,1H3. The Morgan fingerprint density at radius 2 is 1.90 bits per heavy atom. The van der Waals surface area contributed by atoms with E-state index in [-0.39, 0.29) is 16.4 Å². The van der Waals surface area contributed by atoms with Gasteiger partial charge in [0.05, 0.1) is 16.3 Å². The summed E-state index contributed by atoms with van der Waals surface area (Å²) in [7, 11) is -2.21. The Labute approximate surface area is 116 Å². The van der Waals surface area contributed by atoms with Crippen LogP contribution >= 0.6 is 0 Å². The van der Waals surface area contributed by atoms with Crippen molar-refractivity contribution in [2.45, 2.75) is 4.90 Å². The minimum absolute atomic E-state index is 0.0716. The molecule has 0 saturated carbocycles. The summed E-state index contributed by atoms with van der Waals surface area (Å²) < 4.78 is 38.5. The monoisotopic (exact) mass is 295 g/mol. The molecule has 0 heterocycles. The maximum atomic E-state index is 13.1. The van der Waals surface area contributed by atoms with E-state index in [2.05, 4.69) is 10.0 Å². The molecule has 2 rings (SSSR count). The van der Waals surface area contributed by atoms with Crippen LogP contribution in [0.1, 0.15) is 0 Å². The number of nitrogens with one attached hydrogen (secondary N) is 2. The maximum absolute atomic E-state index is 13.1. The van der Waals surface area contributed by atoms with E-state index in [1.165, 1.54) is 37.4 Å². The van der Waals surface area contributed by atoms with E-state index in [4.69, 9.17) is 5.73 Å². The van der Waals surface area contributed by atoms with Crippen molar-refractivity contribution in [3.63, 3.8) is 0 Å². The predicted octanol–water partition coefficient (Wildman–Crippen LogP) is 2.06. The zero-order valence-corrected chi connectivity index (χ0v) is 11.5. The lowest BCUT2D eigenvalue weighted by molar-refractivity contribution is 0.588. The van der Waals surface area contributed by atoms with Gasteiger partial charge in [0.1, 0.15) is 5.82 Å². The summed E-state index contributed by atoms with van der Waals surface area (Å²) in [6, 6.07) is 10.2. The van der Waals surface area contributed by atoms with E-state index >= 15 is 0 Å². The van der Waals surface area contributed by atoms with Crippen molar-refractivity contribution in [1.82, 2.24) is 4.72 Å². The number of nitrogen functional groups attached to an aromatic ring is 1. The molecule has 4 N–H and O–H groups in total. The zero-order valence-electron chi connectivity index (χ0n) is 10.7. The SMILES string of the molecule is CNS(=O)(=O)c1ccc(Nc2cccc(F)c2)c(N)c1. The Kier molecular flexibility index (Phi) is 3.91.